The summed E-state index contributed by atoms with van der Waals surface area (Å²) < 4.78 is 6.16. The lowest BCUT2D eigenvalue weighted by Crippen LogP contribution is -2.38. The van der Waals surface area contributed by atoms with E-state index in [2.05, 4.69) is 20.8 Å². The van der Waals surface area contributed by atoms with Gasteiger partial charge in [-0.3, -0.25) is 0 Å². The zero-order valence-electron chi connectivity index (χ0n) is 13.9. The Bertz CT molecular complexity index is 264. The van der Waals surface area contributed by atoms with E-state index in [1.807, 2.05) is 6.92 Å². The van der Waals surface area contributed by atoms with Crippen molar-refractivity contribution in [2.75, 3.05) is 13.2 Å². The van der Waals surface area contributed by atoms with Crippen LogP contribution in [0.5, 0.6) is 0 Å². The second-order valence-electron chi connectivity index (χ2n) is 7.12. The van der Waals surface area contributed by atoms with Crippen molar-refractivity contribution in [2.24, 2.45) is 23.5 Å². The van der Waals surface area contributed by atoms with Gasteiger partial charge in [-0.15, -0.1) is 0 Å². The highest BCUT2D eigenvalue weighted by molar-refractivity contribution is 4.82. The Morgan fingerprint density at radius 3 is 2.60 bits per heavy atom. The van der Waals surface area contributed by atoms with Crippen LogP contribution in [0.1, 0.15) is 66.2 Å². The summed E-state index contributed by atoms with van der Waals surface area (Å²) in [7, 11) is 0. The maximum Gasteiger partial charge on any atom is 0.0767 e. The molecule has 0 aromatic carbocycles. The molecule has 0 radical (unpaired) electrons. The average Bonchev–Trinajstić information content (AvgIpc) is 2.43. The van der Waals surface area contributed by atoms with Gasteiger partial charge in [0, 0.05) is 13.2 Å². The second kappa shape index (κ2) is 8.35. The van der Waals surface area contributed by atoms with Crippen molar-refractivity contribution in [3.05, 3.63) is 0 Å². The fourth-order valence-electron chi connectivity index (χ4n) is 3.37. The van der Waals surface area contributed by atoms with Crippen LogP contribution in [0.3, 0.4) is 0 Å². The van der Waals surface area contributed by atoms with Crippen LogP contribution in [-0.2, 0) is 4.74 Å². The van der Waals surface area contributed by atoms with E-state index in [0.717, 1.165) is 31.8 Å². The van der Waals surface area contributed by atoms with Gasteiger partial charge in [-0.05, 0) is 49.9 Å². The van der Waals surface area contributed by atoms with Crippen molar-refractivity contribution in [3.63, 3.8) is 0 Å². The number of nitrogens with two attached hydrogens (primary N) is 1. The Kier molecular flexibility index (Phi) is 7.49. The third-order valence-corrected chi connectivity index (χ3v) is 5.12. The Morgan fingerprint density at radius 2 is 2.05 bits per heavy atom. The molecule has 1 aliphatic rings. The number of ether oxygens (including phenoxy) is 1. The topological polar surface area (TPSA) is 55.5 Å². The van der Waals surface area contributed by atoms with Crippen molar-refractivity contribution in [3.8, 4) is 0 Å². The van der Waals surface area contributed by atoms with Gasteiger partial charge in [-0.1, -0.05) is 34.1 Å². The molecular weight excluding hydrogens is 250 g/mol. The molecule has 0 saturated heterocycles. The Hall–Kier alpha value is -0.120. The summed E-state index contributed by atoms with van der Waals surface area (Å²) in [5.74, 6) is 2.18. The van der Waals surface area contributed by atoms with Crippen LogP contribution in [0, 0.1) is 17.8 Å². The van der Waals surface area contributed by atoms with E-state index in [9.17, 15) is 5.11 Å². The standard InChI is InChI=1S/C17H35NO2/c1-5-17(19,12-18)9-6-10-20-16-11-14(4)7-8-15(16)13(2)3/h13-16,19H,5-12,18H2,1-4H3. The smallest absolute Gasteiger partial charge is 0.0767 e. The van der Waals surface area contributed by atoms with E-state index in [4.69, 9.17) is 10.5 Å². The van der Waals surface area contributed by atoms with Crippen molar-refractivity contribution in [2.45, 2.75) is 77.9 Å². The zero-order valence-corrected chi connectivity index (χ0v) is 13.9. The van der Waals surface area contributed by atoms with E-state index in [1.54, 1.807) is 0 Å². The SMILES string of the molecule is CCC(O)(CN)CCCOC1CC(C)CCC1C(C)C. The van der Waals surface area contributed by atoms with Crippen molar-refractivity contribution in [1.82, 2.24) is 0 Å². The van der Waals surface area contributed by atoms with Crippen LogP contribution >= 0.6 is 0 Å². The normalized spacial score (nSPS) is 30.4. The minimum Gasteiger partial charge on any atom is -0.389 e. The summed E-state index contributed by atoms with van der Waals surface area (Å²) in [5, 5.41) is 10.2. The molecule has 3 N–H and O–H groups in total. The average molecular weight is 285 g/mol. The Balaban J connectivity index is 2.35. The maximum atomic E-state index is 10.2. The largest absolute Gasteiger partial charge is 0.389 e. The molecule has 0 amide bonds. The van der Waals surface area contributed by atoms with E-state index in [1.165, 1.54) is 19.3 Å². The molecule has 0 aromatic rings. The molecule has 4 unspecified atom stereocenters. The third kappa shape index (κ3) is 5.34. The minimum atomic E-state index is -0.694. The first-order valence-electron chi connectivity index (χ1n) is 8.46. The molecule has 0 aliphatic heterocycles. The van der Waals surface area contributed by atoms with Gasteiger partial charge < -0.3 is 15.6 Å². The van der Waals surface area contributed by atoms with E-state index < -0.39 is 5.60 Å². The molecule has 1 saturated carbocycles. The summed E-state index contributed by atoms with van der Waals surface area (Å²) in [6, 6.07) is 0. The summed E-state index contributed by atoms with van der Waals surface area (Å²) in [4.78, 5) is 0. The predicted octanol–water partition coefficient (Wildman–Crippen LogP) is 3.34. The highest BCUT2D eigenvalue weighted by Gasteiger charge is 2.31. The summed E-state index contributed by atoms with van der Waals surface area (Å²) in [6.07, 6.45) is 6.60. The number of hydrogen-bond acceptors (Lipinski definition) is 3. The molecule has 3 nitrogen and oxygen atoms in total. The number of aliphatic hydroxyl groups is 1. The lowest BCUT2D eigenvalue weighted by atomic mass is 9.75. The monoisotopic (exact) mass is 285 g/mol. The lowest BCUT2D eigenvalue weighted by Gasteiger charge is -2.37. The van der Waals surface area contributed by atoms with Gasteiger partial charge in [-0.2, -0.15) is 0 Å². The highest BCUT2D eigenvalue weighted by atomic mass is 16.5. The predicted molar refractivity (Wildman–Crippen MR) is 84.6 cm³/mol. The van der Waals surface area contributed by atoms with E-state index in [0.29, 0.717) is 24.5 Å². The fraction of sp³-hybridized carbons (Fsp3) is 1.00. The molecule has 3 heteroatoms. The molecule has 1 rings (SSSR count). The van der Waals surface area contributed by atoms with Crippen molar-refractivity contribution < 1.29 is 9.84 Å². The van der Waals surface area contributed by atoms with Gasteiger partial charge in [-0.25, -0.2) is 0 Å². The van der Waals surface area contributed by atoms with Crippen LogP contribution in [0.4, 0.5) is 0 Å². The molecule has 0 spiro atoms. The van der Waals surface area contributed by atoms with Crippen molar-refractivity contribution >= 4 is 0 Å². The highest BCUT2D eigenvalue weighted by Crippen LogP contribution is 2.35. The fourth-order valence-corrected chi connectivity index (χ4v) is 3.37. The van der Waals surface area contributed by atoms with Gasteiger partial charge in [0.15, 0.2) is 0 Å². The molecule has 20 heavy (non-hydrogen) atoms. The van der Waals surface area contributed by atoms with Crippen molar-refractivity contribution in [1.29, 1.82) is 0 Å². The first kappa shape index (κ1) is 17.9. The van der Waals surface area contributed by atoms with Crippen LogP contribution in [-0.4, -0.2) is 30.0 Å². The quantitative estimate of drug-likeness (QED) is 0.672. The zero-order chi connectivity index (χ0) is 15.2. The molecule has 120 valence electrons. The van der Waals surface area contributed by atoms with E-state index in [-0.39, 0.29) is 0 Å². The molecular formula is C17H35NO2. The van der Waals surface area contributed by atoms with Gasteiger partial charge in [0.05, 0.1) is 11.7 Å². The maximum absolute atomic E-state index is 10.2. The van der Waals surface area contributed by atoms with Crippen LogP contribution in [0.2, 0.25) is 0 Å². The third-order valence-electron chi connectivity index (χ3n) is 5.12. The Morgan fingerprint density at radius 1 is 1.35 bits per heavy atom. The van der Waals surface area contributed by atoms with Crippen LogP contribution < -0.4 is 5.73 Å². The lowest BCUT2D eigenvalue weighted by molar-refractivity contribution is -0.0469. The second-order valence-corrected chi connectivity index (χ2v) is 7.12. The molecule has 1 aliphatic carbocycles. The van der Waals surface area contributed by atoms with Gasteiger partial charge in [0.1, 0.15) is 0 Å². The minimum absolute atomic E-state index is 0.346. The summed E-state index contributed by atoms with van der Waals surface area (Å²) in [5.41, 5.74) is 4.94. The first-order valence-corrected chi connectivity index (χ1v) is 8.46. The number of rotatable bonds is 8. The van der Waals surface area contributed by atoms with Gasteiger partial charge >= 0.3 is 0 Å². The molecule has 0 bridgehead atoms. The van der Waals surface area contributed by atoms with Crippen LogP contribution in [0.25, 0.3) is 0 Å². The summed E-state index contributed by atoms with van der Waals surface area (Å²) in [6.45, 7) is 10.0. The molecule has 4 atom stereocenters. The Labute approximate surface area is 125 Å². The molecule has 1 fully saturated rings. The van der Waals surface area contributed by atoms with E-state index >= 15 is 0 Å². The first-order chi connectivity index (χ1) is 9.41. The summed E-state index contributed by atoms with van der Waals surface area (Å²) >= 11 is 0. The van der Waals surface area contributed by atoms with Gasteiger partial charge in [0.2, 0.25) is 0 Å². The number of hydrogen-bond donors (Lipinski definition) is 2. The molecule has 0 heterocycles. The van der Waals surface area contributed by atoms with Gasteiger partial charge in [0.25, 0.3) is 0 Å². The van der Waals surface area contributed by atoms with Crippen LogP contribution in [0.15, 0.2) is 0 Å². The molecule has 0 aromatic heterocycles.